The summed E-state index contributed by atoms with van der Waals surface area (Å²) in [4.78, 5) is 6.72. The molecule has 2 aliphatic heterocycles. The van der Waals surface area contributed by atoms with Crippen molar-refractivity contribution in [1.29, 1.82) is 0 Å². The van der Waals surface area contributed by atoms with Crippen LogP contribution < -0.4 is 4.90 Å². The van der Waals surface area contributed by atoms with Gasteiger partial charge in [0.1, 0.15) is 0 Å². The molecule has 5 nitrogen and oxygen atoms in total. The Morgan fingerprint density at radius 1 is 1.17 bits per heavy atom. The van der Waals surface area contributed by atoms with E-state index in [0.29, 0.717) is 11.8 Å². The normalized spacial score (nSPS) is 29.5. The number of imidazole rings is 1. The van der Waals surface area contributed by atoms with Crippen LogP contribution in [0.3, 0.4) is 0 Å². The second-order valence-corrected chi connectivity index (χ2v) is 7.31. The van der Waals surface area contributed by atoms with E-state index in [9.17, 15) is 0 Å². The number of hydrogen-bond acceptors (Lipinski definition) is 4. The van der Waals surface area contributed by atoms with Crippen molar-refractivity contribution in [3.8, 4) is 0 Å². The van der Waals surface area contributed by atoms with E-state index in [1.807, 2.05) is 16.8 Å². The van der Waals surface area contributed by atoms with Crippen LogP contribution in [0.1, 0.15) is 19.3 Å². The summed E-state index contributed by atoms with van der Waals surface area (Å²) in [7, 11) is 0. The first-order chi connectivity index (χ1) is 11.3. The molecule has 4 heterocycles. The number of hydrogen-bond donors (Lipinski definition) is 0. The number of rotatable bonds is 1. The Kier molecular flexibility index (Phi) is 3.12. The van der Waals surface area contributed by atoms with E-state index in [4.69, 9.17) is 21.1 Å². The maximum absolute atomic E-state index is 6.32. The third-order valence-corrected chi connectivity index (χ3v) is 5.88. The molecular formula is C17H20ClN3O2. The highest BCUT2D eigenvalue weighted by Gasteiger charge is 2.55. The smallest absolute Gasteiger partial charge is 0.177 e. The number of halogens is 1. The molecule has 2 atom stereocenters. The minimum atomic E-state index is -0.330. The van der Waals surface area contributed by atoms with E-state index >= 15 is 0 Å². The Bertz CT molecular complexity index is 725. The number of fused-ring (bicyclic) bond motifs is 1. The number of anilines is 1. The summed E-state index contributed by atoms with van der Waals surface area (Å²) in [5.74, 6) is 0.531. The molecule has 2 saturated heterocycles. The predicted molar refractivity (Wildman–Crippen MR) is 87.9 cm³/mol. The summed E-state index contributed by atoms with van der Waals surface area (Å²) in [6.07, 6.45) is 9.24. The van der Waals surface area contributed by atoms with Gasteiger partial charge in [0, 0.05) is 31.1 Å². The molecule has 0 radical (unpaired) electrons. The van der Waals surface area contributed by atoms with Gasteiger partial charge in [0.15, 0.2) is 5.79 Å². The molecule has 2 bridgehead atoms. The van der Waals surface area contributed by atoms with Crippen molar-refractivity contribution in [3.05, 3.63) is 29.8 Å². The second kappa shape index (κ2) is 5.10. The molecule has 3 fully saturated rings. The zero-order chi connectivity index (χ0) is 15.4. The summed E-state index contributed by atoms with van der Waals surface area (Å²) in [6.45, 7) is 3.38. The topological polar surface area (TPSA) is 39.0 Å². The minimum Gasteiger partial charge on any atom is -0.369 e. The van der Waals surface area contributed by atoms with Gasteiger partial charge in [-0.05, 0) is 18.9 Å². The van der Waals surface area contributed by atoms with Crippen LogP contribution in [-0.4, -0.2) is 41.5 Å². The van der Waals surface area contributed by atoms with Gasteiger partial charge in [-0.2, -0.15) is 0 Å². The number of nitrogens with zero attached hydrogens (tertiary/aromatic N) is 3. The molecule has 2 aromatic rings. The Labute approximate surface area is 140 Å². The van der Waals surface area contributed by atoms with Crippen molar-refractivity contribution in [2.24, 2.45) is 11.8 Å². The summed E-state index contributed by atoms with van der Waals surface area (Å²) >= 11 is 6.32. The molecule has 2 aromatic heterocycles. The highest BCUT2D eigenvalue weighted by Crippen LogP contribution is 2.49. The predicted octanol–water partition coefficient (Wildman–Crippen LogP) is 2.97. The Balaban J connectivity index is 1.54. The fourth-order valence-electron chi connectivity index (χ4n) is 4.74. The van der Waals surface area contributed by atoms with Gasteiger partial charge in [-0.3, -0.25) is 0 Å². The van der Waals surface area contributed by atoms with Gasteiger partial charge in [-0.1, -0.05) is 18.0 Å². The lowest BCUT2D eigenvalue weighted by Gasteiger charge is -2.53. The highest BCUT2D eigenvalue weighted by atomic mass is 35.5. The van der Waals surface area contributed by atoms with Gasteiger partial charge in [0.05, 0.1) is 42.0 Å². The molecule has 1 aliphatic carbocycles. The van der Waals surface area contributed by atoms with Crippen molar-refractivity contribution < 1.29 is 9.47 Å². The van der Waals surface area contributed by atoms with Gasteiger partial charge in [0.25, 0.3) is 0 Å². The van der Waals surface area contributed by atoms with E-state index in [-0.39, 0.29) is 5.79 Å². The minimum absolute atomic E-state index is 0.330. The molecule has 0 aromatic carbocycles. The second-order valence-electron chi connectivity index (χ2n) is 6.88. The van der Waals surface area contributed by atoms with Crippen LogP contribution in [0, 0.1) is 11.8 Å². The van der Waals surface area contributed by atoms with Crippen LogP contribution in [0.25, 0.3) is 5.52 Å². The standard InChI is InChI=1S/C17H20ClN3O2/c18-14-6-15(16-7-19-11-21(16)10-14)20-8-12-2-1-3-13(9-20)17(12)22-4-5-23-17/h6-7,10-13H,1-5,8-9H2. The van der Waals surface area contributed by atoms with Gasteiger partial charge in [0.2, 0.25) is 0 Å². The van der Waals surface area contributed by atoms with Crippen molar-refractivity contribution >= 4 is 22.8 Å². The fourth-order valence-corrected chi connectivity index (χ4v) is 4.94. The highest BCUT2D eigenvalue weighted by molar-refractivity contribution is 6.30. The quantitative estimate of drug-likeness (QED) is 0.804. The number of piperidine rings is 1. The zero-order valence-corrected chi connectivity index (χ0v) is 13.7. The third-order valence-electron chi connectivity index (χ3n) is 5.67. The zero-order valence-electron chi connectivity index (χ0n) is 12.9. The van der Waals surface area contributed by atoms with E-state index in [2.05, 4.69) is 16.0 Å². The molecule has 6 heteroatoms. The van der Waals surface area contributed by atoms with Crippen molar-refractivity contribution in [2.75, 3.05) is 31.2 Å². The lowest BCUT2D eigenvalue weighted by molar-refractivity contribution is -0.249. The van der Waals surface area contributed by atoms with E-state index in [1.165, 1.54) is 24.9 Å². The first kappa shape index (κ1) is 14.1. The molecule has 1 saturated carbocycles. The van der Waals surface area contributed by atoms with Crippen LogP contribution >= 0.6 is 11.6 Å². The molecule has 23 heavy (non-hydrogen) atoms. The molecule has 1 spiro atoms. The number of aromatic nitrogens is 2. The first-order valence-corrected chi connectivity index (χ1v) is 8.78. The van der Waals surface area contributed by atoms with Crippen molar-refractivity contribution in [2.45, 2.75) is 25.0 Å². The van der Waals surface area contributed by atoms with E-state index < -0.39 is 0 Å². The Hall–Kier alpha value is -1.30. The molecule has 2 unspecified atom stereocenters. The van der Waals surface area contributed by atoms with Gasteiger partial charge in [-0.25, -0.2) is 4.98 Å². The summed E-state index contributed by atoms with van der Waals surface area (Å²) in [5, 5.41) is 0.740. The van der Waals surface area contributed by atoms with Crippen LogP contribution in [0.4, 0.5) is 5.69 Å². The van der Waals surface area contributed by atoms with Crippen LogP contribution in [0.15, 0.2) is 24.8 Å². The number of ether oxygens (including phenoxy) is 2. The fraction of sp³-hybridized carbons (Fsp3) is 0.588. The monoisotopic (exact) mass is 333 g/mol. The molecule has 5 rings (SSSR count). The van der Waals surface area contributed by atoms with Crippen LogP contribution in [-0.2, 0) is 9.47 Å². The largest absolute Gasteiger partial charge is 0.369 e. The third kappa shape index (κ3) is 2.03. The van der Waals surface area contributed by atoms with Gasteiger partial charge >= 0.3 is 0 Å². The Morgan fingerprint density at radius 3 is 2.65 bits per heavy atom. The maximum Gasteiger partial charge on any atom is 0.177 e. The first-order valence-electron chi connectivity index (χ1n) is 8.40. The summed E-state index contributed by atoms with van der Waals surface area (Å²) < 4.78 is 14.3. The lowest BCUT2D eigenvalue weighted by Crippen LogP contribution is -2.61. The molecule has 0 N–H and O–H groups in total. The van der Waals surface area contributed by atoms with Gasteiger partial charge < -0.3 is 18.8 Å². The van der Waals surface area contributed by atoms with Crippen molar-refractivity contribution in [1.82, 2.24) is 9.38 Å². The molecule has 122 valence electrons. The average molecular weight is 334 g/mol. The van der Waals surface area contributed by atoms with Gasteiger partial charge in [-0.15, -0.1) is 0 Å². The maximum atomic E-state index is 6.32. The van der Waals surface area contributed by atoms with Crippen molar-refractivity contribution in [3.63, 3.8) is 0 Å². The molecule has 0 amide bonds. The Morgan fingerprint density at radius 2 is 1.91 bits per heavy atom. The molecule has 3 aliphatic rings. The van der Waals surface area contributed by atoms with E-state index in [0.717, 1.165) is 36.8 Å². The summed E-state index contributed by atoms with van der Waals surface area (Å²) in [5.41, 5.74) is 2.27. The molecular weight excluding hydrogens is 314 g/mol. The average Bonchev–Trinajstić information content (AvgIpc) is 3.16. The van der Waals surface area contributed by atoms with Crippen LogP contribution in [0.5, 0.6) is 0 Å². The SMILES string of the molecule is Clc1cc(N2CC3CCCC(C2)C32OCCO2)c2cncn2c1. The number of pyridine rings is 1. The van der Waals surface area contributed by atoms with Crippen LogP contribution in [0.2, 0.25) is 5.02 Å². The van der Waals surface area contributed by atoms with E-state index in [1.54, 1.807) is 6.33 Å². The lowest BCUT2D eigenvalue weighted by atomic mass is 9.72. The summed E-state index contributed by atoms with van der Waals surface area (Å²) in [6, 6.07) is 2.06.